The molecule has 2 aromatic rings. The van der Waals surface area contributed by atoms with E-state index in [2.05, 4.69) is 5.16 Å². The fraction of sp³-hybridized carbons (Fsp3) is 0.391. The minimum Gasteiger partial charge on any atom is -0.489 e. The third kappa shape index (κ3) is 6.52. The van der Waals surface area contributed by atoms with Crippen molar-refractivity contribution in [3.8, 4) is 11.5 Å². The van der Waals surface area contributed by atoms with Gasteiger partial charge in [-0.2, -0.15) is 0 Å². The molecule has 0 aromatic heterocycles. The van der Waals surface area contributed by atoms with Crippen LogP contribution >= 0.6 is 0 Å². The summed E-state index contributed by atoms with van der Waals surface area (Å²) in [6.07, 6.45) is 2.43. The van der Waals surface area contributed by atoms with Crippen LogP contribution in [-0.4, -0.2) is 30.5 Å². The Balaban J connectivity index is 1.47. The summed E-state index contributed by atoms with van der Waals surface area (Å²) in [5, 5.41) is 13.0. The van der Waals surface area contributed by atoms with E-state index in [-0.39, 0.29) is 12.3 Å². The third-order valence-electron chi connectivity index (χ3n) is 4.90. The number of ether oxygens (including phenoxy) is 2. The summed E-state index contributed by atoms with van der Waals surface area (Å²) in [5.41, 5.74) is 2.98. The molecule has 1 aliphatic carbocycles. The molecular weight excluding hydrogens is 370 g/mol. The van der Waals surface area contributed by atoms with Gasteiger partial charge in [-0.15, -0.1) is 0 Å². The highest BCUT2D eigenvalue weighted by Gasteiger charge is 2.28. The van der Waals surface area contributed by atoms with Crippen LogP contribution in [0.3, 0.4) is 0 Å². The number of carboxylic acid groups (broad SMARTS) is 1. The number of benzene rings is 2. The lowest BCUT2D eigenvalue weighted by molar-refractivity contribution is -0.137. The molecule has 154 valence electrons. The van der Waals surface area contributed by atoms with E-state index in [4.69, 9.17) is 19.4 Å². The first-order valence-corrected chi connectivity index (χ1v) is 9.81. The molecule has 0 heterocycles. The first-order valence-electron chi connectivity index (χ1n) is 9.81. The molecule has 29 heavy (non-hydrogen) atoms. The Labute approximate surface area is 171 Å². The topological polar surface area (TPSA) is 77.3 Å². The zero-order valence-electron chi connectivity index (χ0n) is 16.8. The van der Waals surface area contributed by atoms with E-state index in [0.717, 1.165) is 41.2 Å². The van der Waals surface area contributed by atoms with E-state index >= 15 is 0 Å². The number of aliphatic carboxylic acids is 1. The van der Waals surface area contributed by atoms with Gasteiger partial charge in [-0.3, -0.25) is 4.79 Å². The lowest BCUT2D eigenvalue weighted by Gasteiger charge is -2.11. The second-order valence-corrected chi connectivity index (χ2v) is 7.33. The fourth-order valence-corrected chi connectivity index (χ4v) is 3.03. The van der Waals surface area contributed by atoms with Crippen LogP contribution in [0.1, 0.15) is 43.2 Å². The molecule has 0 aliphatic heterocycles. The molecule has 1 saturated carbocycles. The van der Waals surface area contributed by atoms with Crippen molar-refractivity contribution in [2.75, 3.05) is 13.7 Å². The molecule has 0 bridgehead atoms. The molecule has 1 atom stereocenters. The number of hydrogen-bond donors (Lipinski definition) is 1. The molecule has 6 heteroatoms. The quantitative estimate of drug-likeness (QED) is 0.442. The largest absolute Gasteiger partial charge is 0.489 e. The summed E-state index contributed by atoms with van der Waals surface area (Å²) in [7, 11) is 1.56. The smallest absolute Gasteiger partial charge is 0.303 e. The Kier molecular flexibility index (Phi) is 7.11. The van der Waals surface area contributed by atoms with E-state index in [1.165, 1.54) is 0 Å². The standard InChI is InChI=1S/C23H27NO5/c1-16(13-23(25)26)18-7-11-21(12-8-18)28-14-17-3-9-20(10-4-17)29-15-22(24-27-2)19-5-6-19/h3-4,7-12,16,19H,5-6,13-15H2,1-2H3,(H,25,26)/b24-22-. The van der Waals surface area contributed by atoms with Gasteiger partial charge in [0.15, 0.2) is 0 Å². The molecule has 6 nitrogen and oxygen atoms in total. The van der Waals surface area contributed by atoms with Crippen LogP contribution in [0.4, 0.5) is 0 Å². The van der Waals surface area contributed by atoms with Crippen molar-refractivity contribution < 1.29 is 24.2 Å². The molecule has 1 unspecified atom stereocenters. The number of nitrogens with zero attached hydrogens (tertiary/aromatic N) is 1. The van der Waals surface area contributed by atoms with Crippen molar-refractivity contribution in [2.24, 2.45) is 11.1 Å². The minimum atomic E-state index is -0.792. The first kappa shape index (κ1) is 20.7. The van der Waals surface area contributed by atoms with Gasteiger partial charge >= 0.3 is 5.97 Å². The fourth-order valence-electron chi connectivity index (χ4n) is 3.03. The molecule has 1 aliphatic rings. The monoisotopic (exact) mass is 397 g/mol. The van der Waals surface area contributed by atoms with Gasteiger partial charge in [-0.05, 0) is 54.2 Å². The average molecular weight is 397 g/mol. The van der Waals surface area contributed by atoms with Crippen molar-refractivity contribution in [1.29, 1.82) is 0 Å². The Morgan fingerprint density at radius 3 is 2.28 bits per heavy atom. The van der Waals surface area contributed by atoms with Gasteiger partial charge in [0, 0.05) is 5.92 Å². The van der Waals surface area contributed by atoms with Gasteiger partial charge in [0.1, 0.15) is 31.8 Å². The lowest BCUT2D eigenvalue weighted by atomic mass is 9.98. The van der Waals surface area contributed by atoms with Crippen LogP contribution in [0.15, 0.2) is 53.7 Å². The Morgan fingerprint density at radius 2 is 1.69 bits per heavy atom. The van der Waals surface area contributed by atoms with E-state index in [1.807, 2.05) is 55.5 Å². The maximum absolute atomic E-state index is 10.8. The number of rotatable bonds is 11. The highest BCUT2D eigenvalue weighted by molar-refractivity contribution is 5.89. The molecule has 0 spiro atoms. The van der Waals surface area contributed by atoms with Crippen molar-refractivity contribution in [3.05, 3.63) is 59.7 Å². The zero-order valence-corrected chi connectivity index (χ0v) is 16.8. The highest BCUT2D eigenvalue weighted by Crippen LogP contribution is 2.31. The van der Waals surface area contributed by atoms with Gasteiger partial charge in [0.25, 0.3) is 0 Å². The van der Waals surface area contributed by atoms with Gasteiger partial charge in [-0.25, -0.2) is 0 Å². The summed E-state index contributed by atoms with van der Waals surface area (Å²) in [4.78, 5) is 15.7. The predicted octanol–water partition coefficient (Wildman–Crippen LogP) is 4.64. The predicted molar refractivity (Wildman–Crippen MR) is 111 cm³/mol. The van der Waals surface area contributed by atoms with Crippen LogP contribution in [-0.2, 0) is 16.2 Å². The van der Waals surface area contributed by atoms with Gasteiger partial charge < -0.3 is 19.4 Å². The molecule has 0 amide bonds. The summed E-state index contributed by atoms with van der Waals surface area (Å²) in [6, 6.07) is 15.4. The average Bonchev–Trinajstić information content (AvgIpc) is 3.55. The van der Waals surface area contributed by atoms with Crippen LogP contribution < -0.4 is 9.47 Å². The molecule has 3 rings (SSSR count). The van der Waals surface area contributed by atoms with E-state index in [9.17, 15) is 4.79 Å². The number of hydrogen-bond acceptors (Lipinski definition) is 5. The van der Waals surface area contributed by atoms with Crippen LogP contribution in [0.2, 0.25) is 0 Å². The normalized spacial score (nSPS) is 14.9. The summed E-state index contributed by atoms with van der Waals surface area (Å²) in [6.45, 7) is 2.80. The first-order chi connectivity index (χ1) is 14.0. The number of oxime groups is 1. The maximum atomic E-state index is 10.8. The third-order valence-corrected chi connectivity index (χ3v) is 4.90. The summed E-state index contributed by atoms with van der Waals surface area (Å²) >= 11 is 0. The zero-order chi connectivity index (χ0) is 20.6. The lowest BCUT2D eigenvalue weighted by Crippen LogP contribution is -2.14. The number of carbonyl (C=O) groups is 1. The molecule has 0 saturated heterocycles. The summed E-state index contributed by atoms with van der Waals surface area (Å²) in [5.74, 6) is 1.22. The van der Waals surface area contributed by atoms with Crippen LogP contribution in [0.5, 0.6) is 11.5 Å². The highest BCUT2D eigenvalue weighted by atomic mass is 16.6. The Bertz CT molecular complexity index is 825. The van der Waals surface area contributed by atoms with Crippen LogP contribution in [0.25, 0.3) is 0 Å². The second-order valence-electron chi connectivity index (χ2n) is 7.33. The van der Waals surface area contributed by atoms with Crippen molar-refractivity contribution in [1.82, 2.24) is 0 Å². The number of carboxylic acids is 1. The maximum Gasteiger partial charge on any atom is 0.303 e. The Morgan fingerprint density at radius 1 is 1.07 bits per heavy atom. The van der Waals surface area contributed by atoms with Gasteiger partial charge in [0.05, 0.1) is 12.1 Å². The van der Waals surface area contributed by atoms with E-state index in [0.29, 0.717) is 19.1 Å². The molecule has 1 N–H and O–H groups in total. The molecule has 2 aromatic carbocycles. The van der Waals surface area contributed by atoms with Crippen molar-refractivity contribution >= 4 is 11.7 Å². The van der Waals surface area contributed by atoms with Gasteiger partial charge in [-0.1, -0.05) is 36.3 Å². The SMILES string of the molecule is CO/N=C(/COc1ccc(COc2ccc(C(C)CC(=O)O)cc2)cc1)C1CC1. The Hall–Kier alpha value is -3.02. The van der Waals surface area contributed by atoms with Crippen molar-refractivity contribution in [3.63, 3.8) is 0 Å². The summed E-state index contributed by atoms with van der Waals surface area (Å²) < 4.78 is 11.6. The molecule has 1 fully saturated rings. The molecule has 0 radical (unpaired) electrons. The second kappa shape index (κ2) is 9.96. The van der Waals surface area contributed by atoms with E-state index in [1.54, 1.807) is 7.11 Å². The van der Waals surface area contributed by atoms with Crippen LogP contribution in [0, 0.1) is 5.92 Å². The van der Waals surface area contributed by atoms with Gasteiger partial charge in [0.2, 0.25) is 0 Å². The van der Waals surface area contributed by atoms with Crippen molar-refractivity contribution in [2.45, 2.75) is 38.7 Å². The minimum absolute atomic E-state index is 0.0246. The van der Waals surface area contributed by atoms with E-state index < -0.39 is 5.97 Å². The molecular formula is C23H27NO5.